The van der Waals surface area contributed by atoms with E-state index < -0.39 is 0 Å². The summed E-state index contributed by atoms with van der Waals surface area (Å²) in [6.07, 6.45) is 2.04. The van der Waals surface area contributed by atoms with Crippen LogP contribution in [0.1, 0.15) is 13.3 Å². The number of carbonyl (C=O) groups is 1. The van der Waals surface area contributed by atoms with E-state index in [1.807, 2.05) is 6.92 Å². The number of ether oxygens (including phenoxy) is 1. The quantitative estimate of drug-likeness (QED) is 0.760. The third kappa shape index (κ3) is 1.88. The van der Waals surface area contributed by atoms with Crippen molar-refractivity contribution in [1.29, 1.82) is 0 Å². The molecule has 6 heteroatoms. The Hall–Kier alpha value is -1.56. The first-order chi connectivity index (χ1) is 7.59. The lowest BCUT2D eigenvalue weighted by Gasteiger charge is -2.14. The maximum Gasteiger partial charge on any atom is 0.254 e. The van der Waals surface area contributed by atoms with E-state index in [4.69, 9.17) is 10.5 Å². The zero-order chi connectivity index (χ0) is 11.7. The predicted octanol–water partition coefficient (Wildman–Crippen LogP) is 0.366. The van der Waals surface area contributed by atoms with E-state index in [1.54, 1.807) is 7.05 Å². The standard InChI is InChI=1S/C10H16N4O2/c1-6-3-4-16-8(6)10(15)13-9-7(11)5-12-14(9)2/h5-6,8H,3-4,11H2,1-2H3,(H,13,15). The van der Waals surface area contributed by atoms with Crippen LogP contribution in [-0.2, 0) is 16.6 Å². The van der Waals surface area contributed by atoms with Crippen molar-refractivity contribution in [3.05, 3.63) is 6.20 Å². The summed E-state index contributed by atoms with van der Waals surface area (Å²) in [6, 6.07) is 0. The molecule has 1 aromatic rings. The van der Waals surface area contributed by atoms with Gasteiger partial charge >= 0.3 is 0 Å². The number of aryl methyl sites for hydroxylation is 1. The number of hydrogen-bond donors (Lipinski definition) is 2. The molecule has 16 heavy (non-hydrogen) atoms. The summed E-state index contributed by atoms with van der Waals surface area (Å²) in [6.45, 7) is 2.64. The summed E-state index contributed by atoms with van der Waals surface area (Å²) in [5.41, 5.74) is 6.14. The molecule has 2 unspecified atom stereocenters. The fourth-order valence-electron chi connectivity index (χ4n) is 1.83. The molecule has 1 aromatic heterocycles. The number of nitrogens with two attached hydrogens (primary N) is 1. The van der Waals surface area contributed by atoms with Gasteiger partial charge in [-0.3, -0.25) is 9.48 Å². The molecule has 0 spiro atoms. The van der Waals surface area contributed by atoms with Crippen molar-refractivity contribution in [3.8, 4) is 0 Å². The summed E-state index contributed by atoms with van der Waals surface area (Å²) >= 11 is 0. The van der Waals surface area contributed by atoms with Crippen LogP contribution in [0.4, 0.5) is 11.5 Å². The van der Waals surface area contributed by atoms with E-state index in [0.29, 0.717) is 18.1 Å². The largest absolute Gasteiger partial charge is 0.394 e. The first-order valence-corrected chi connectivity index (χ1v) is 5.29. The van der Waals surface area contributed by atoms with E-state index >= 15 is 0 Å². The van der Waals surface area contributed by atoms with E-state index in [9.17, 15) is 4.79 Å². The second-order valence-electron chi connectivity index (χ2n) is 4.12. The van der Waals surface area contributed by atoms with Crippen LogP contribution in [0.5, 0.6) is 0 Å². The SMILES string of the molecule is CC1CCOC1C(=O)Nc1c(N)cnn1C. The number of carbonyl (C=O) groups excluding carboxylic acids is 1. The Bertz CT molecular complexity index is 382. The van der Waals surface area contributed by atoms with Crippen LogP contribution in [0, 0.1) is 5.92 Å². The summed E-state index contributed by atoms with van der Waals surface area (Å²) in [4.78, 5) is 11.9. The maximum absolute atomic E-state index is 11.9. The van der Waals surface area contributed by atoms with Crippen molar-refractivity contribution in [2.75, 3.05) is 17.7 Å². The van der Waals surface area contributed by atoms with Crippen molar-refractivity contribution in [2.45, 2.75) is 19.4 Å². The van der Waals surface area contributed by atoms with E-state index in [2.05, 4.69) is 10.4 Å². The van der Waals surface area contributed by atoms with E-state index in [1.165, 1.54) is 10.9 Å². The Morgan fingerprint density at radius 2 is 2.50 bits per heavy atom. The lowest BCUT2D eigenvalue weighted by atomic mass is 10.0. The monoisotopic (exact) mass is 224 g/mol. The average molecular weight is 224 g/mol. The molecule has 2 rings (SSSR count). The molecule has 1 fully saturated rings. The van der Waals surface area contributed by atoms with Crippen LogP contribution >= 0.6 is 0 Å². The Morgan fingerprint density at radius 3 is 3.00 bits per heavy atom. The summed E-state index contributed by atoms with van der Waals surface area (Å²) in [5, 5.41) is 6.69. The van der Waals surface area contributed by atoms with Crippen LogP contribution in [0.3, 0.4) is 0 Å². The number of nitrogens with zero attached hydrogens (tertiary/aromatic N) is 2. The van der Waals surface area contributed by atoms with Crippen molar-refractivity contribution in [2.24, 2.45) is 13.0 Å². The molecule has 0 aromatic carbocycles. The number of aromatic nitrogens is 2. The summed E-state index contributed by atoms with van der Waals surface area (Å²) < 4.78 is 6.91. The van der Waals surface area contributed by atoms with Gasteiger partial charge in [-0.15, -0.1) is 0 Å². The van der Waals surface area contributed by atoms with Crippen molar-refractivity contribution in [1.82, 2.24) is 9.78 Å². The second-order valence-corrected chi connectivity index (χ2v) is 4.12. The smallest absolute Gasteiger partial charge is 0.254 e. The minimum Gasteiger partial charge on any atom is -0.394 e. The van der Waals surface area contributed by atoms with Crippen molar-refractivity contribution in [3.63, 3.8) is 0 Å². The van der Waals surface area contributed by atoms with Gasteiger partial charge in [0.15, 0.2) is 5.82 Å². The molecule has 1 amide bonds. The number of nitrogen functional groups attached to an aromatic ring is 1. The topological polar surface area (TPSA) is 82.2 Å². The van der Waals surface area contributed by atoms with Gasteiger partial charge in [-0.2, -0.15) is 5.10 Å². The highest BCUT2D eigenvalue weighted by molar-refractivity contribution is 5.96. The fourth-order valence-corrected chi connectivity index (χ4v) is 1.83. The third-order valence-corrected chi connectivity index (χ3v) is 2.85. The van der Waals surface area contributed by atoms with Gasteiger partial charge in [-0.25, -0.2) is 0 Å². The van der Waals surface area contributed by atoms with E-state index in [0.717, 1.165) is 6.42 Å². The third-order valence-electron chi connectivity index (χ3n) is 2.85. The molecule has 0 saturated carbocycles. The highest BCUT2D eigenvalue weighted by Gasteiger charge is 2.31. The fraction of sp³-hybridized carbons (Fsp3) is 0.600. The number of rotatable bonds is 2. The second kappa shape index (κ2) is 4.13. The summed E-state index contributed by atoms with van der Waals surface area (Å²) in [5.74, 6) is 0.613. The number of nitrogens with one attached hydrogen (secondary N) is 1. The number of hydrogen-bond acceptors (Lipinski definition) is 4. The normalized spacial score (nSPS) is 24.6. The Kier molecular flexibility index (Phi) is 2.82. The van der Waals surface area contributed by atoms with Crippen LogP contribution < -0.4 is 11.1 Å². The molecule has 1 saturated heterocycles. The lowest BCUT2D eigenvalue weighted by molar-refractivity contribution is -0.126. The minimum atomic E-state index is -0.380. The minimum absolute atomic E-state index is 0.152. The molecule has 0 bridgehead atoms. The molecule has 2 atom stereocenters. The molecule has 0 radical (unpaired) electrons. The number of anilines is 2. The molecule has 0 aliphatic carbocycles. The lowest BCUT2D eigenvalue weighted by Crippen LogP contribution is -2.32. The van der Waals surface area contributed by atoms with Gasteiger partial charge in [0.05, 0.1) is 11.9 Å². The molecule has 6 nitrogen and oxygen atoms in total. The van der Waals surface area contributed by atoms with Crippen LogP contribution in [0.25, 0.3) is 0 Å². The first kappa shape index (κ1) is 10.9. The molecule has 1 aliphatic rings. The number of amides is 1. The predicted molar refractivity (Wildman–Crippen MR) is 59.8 cm³/mol. The molecule has 88 valence electrons. The molecular formula is C10H16N4O2. The van der Waals surface area contributed by atoms with Crippen LogP contribution in [0.15, 0.2) is 6.20 Å². The Balaban J connectivity index is 2.07. The van der Waals surface area contributed by atoms with Crippen LogP contribution in [0.2, 0.25) is 0 Å². The van der Waals surface area contributed by atoms with Gasteiger partial charge in [-0.05, 0) is 12.3 Å². The average Bonchev–Trinajstić information content (AvgIpc) is 2.79. The first-order valence-electron chi connectivity index (χ1n) is 5.29. The highest BCUT2D eigenvalue weighted by Crippen LogP contribution is 2.23. The van der Waals surface area contributed by atoms with Gasteiger partial charge in [0.1, 0.15) is 6.10 Å². The molecule has 2 heterocycles. The Labute approximate surface area is 93.8 Å². The molecular weight excluding hydrogens is 208 g/mol. The zero-order valence-electron chi connectivity index (χ0n) is 9.43. The van der Waals surface area contributed by atoms with Gasteiger partial charge in [0.25, 0.3) is 5.91 Å². The zero-order valence-corrected chi connectivity index (χ0v) is 9.43. The molecule has 1 aliphatic heterocycles. The van der Waals surface area contributed by atoms with Crippen molar-refractivity contribution < 1.29 is 9.53 Å². The van der Waals surface area contributed by atoms with Gasteiger partial charge in [-0.1, -0.05) is 6.92 Å². The Morgan fingerprint density at radius 1 is 1.75 bits per heavy atom. The van der Waals surface area contributed by atoms with E-state index in [-0.39, 0.29) is 17.9 Å². The van der Waals surface area contributed by atoms with Crippen LogP contribution in [-0.4, -0.2) is 28.4 Å². The van der Waals surface area contributed by atoms with Gasteiger partial charge < -0.3 is 15.8 Å². The maximum atomic E-state index is 11.9. The highest BCUT2D eigenvalue weighted by atomic mass is 16.5. The van der Waals surface area contributed by atoms with Gasteiger partial charge in [0, 0.05) is 13.7 Å². The molecule has 3 N–H and O–H groups in total. The van der Waals surface area contributed by atoms with Gasteiger partial charge in [0.2, 0.25) is 0 Å². The van der Waals surface area contributed by atoms with Crippen molar-refractivity contribution >= 4 is 17.4 Å². The summed E-state index contributed by atoms with van der Waals surface area (Å²) in [7, 11) is 1.73.